The molecule has 2 aliphatic rings. The topological polar surface area (TPSA) is 115 Å². The maximum absolute atomic E-state index is 12.6. The Hall–Kier alpha value is -3.37. The number of fused-ring (bicyclic) bond motifs is 1. The van der Waals surface area contributed by atoms with Crippen LogP contribution in [0.2, 0.25) is 25.7 Å². The Morgan fingerprint density at radius 1 is 1.23 bits per heavy atom. The predicted octanol–water partition coefficient (Wildman–Crippen LogP) is 4.76. The van der Waals surface area contributed by atoms with Gasteiger partial charge in [0.15, 0.2) is 5.58 Å². The lowest BCUT2D eigenvalue weighted by Gasteiger charge is -2.15. The van der Waals surface area contributed by atoms with Gasteiger partial charge in [-0.2, -0.15) is 0 Å². The summed E-state index contributed by atoms with van der Waals surface area (Å²) in [6, 6.07) is 10.8. The average molecular weight is 549 g/mol. The first-order valence-corrected chi connectivity index (χ1v) is 17.6. The van der Waals surface area contributed by atoms with E-state index in [0.29, 0.717) is 36.7 Å². The molecule has 1 atom stereocenters. The number of hydrogen-bond acceptors (Lipinski definition) is 6. The third-order valence-electron chi connectivity index (χ3n) is 7.80. The minimum atomic E-state index is -1.23. The Morgan fingerprint density at radius 2 is 2.05 bits per heavy atom. The van der Waals surface area contributed by atoms with Crippen molar-refractivity contribution in [1.29, 1.82) is 0 Å². The Bertz CT molecular complexity index is 1610. The van der Waals surface area contributed by atoms with Gasteiger partial charge in [0.2, 0.25) is 5.91 Å². The van der Waals surface area contributed by atoms with Crippen molar-refractivity contribution in [2.75, 3.05) is 13.2 Å². The van der Waals surface area contributed by atoms with Crippen molar-refractivity contribution in [3.63, 3.8) is 0 Å². The number of rotatable bonds is 10. The molecule has 2 N–H and O–H groups in total. The van der Waals surface area contributed by atoms with Gasteiger partial charge in [-0.3, -0.25) is 4.79 Å². The van der Waals surface area contributed by atoms with Gasteiger partial charge < -0.3 is 24.2 Å². The van der Waals surface area contributed by atoms with E-state index in [1.165, 1.54) is 0 Å². The average Bonchev–Trinajstić information content (AvgIpc) is 3.62. The van der Waals surface area contributed by atoms with E-state index in [4.69, 9.17) is 24.6 Å². The van der Waals surface area contributed by atoms with Crippen LogP contribution in [0, 0.1) is 11.8 Å². The highest BCUT2D eigenvalue weighted by Crippen LogP contribution is 2.40. The molecule has 1 amide bonds. The molecule has 2 aromatic heterocycles. The molecule has 1 fully saturated rings. The maximum Gasteiger partial charge on any atom is 0.421 e. The van der Waals surface area contributed by atoms with E-state index in [1.807, 2.05) is 24.3 Å². The van der Waals surface area contributed by atoms with E-state index in [-0.39, 0.29) is 18.6 Å². The van der Waals surface area contributed by atoms with Gasteiger partial charge in [-0.15, -0.1) is 0 Å². The lowest BCUT2D eigenvalue weighted by Crippen LogP contribution is -2.26. The van der Waals surface area contributed by atoms with Crippen molar-refractivity contribution in [3.8, 4) is 17.1 Å². The Morgan fingerprint density at radius 3 is 2.79 bits per heavy atom. The standard InChI is InChI=1S/C29H36N4O5Si/c1-39(2,3)12-11-36-17-33-23-16-20(7-8-24(23)38-29(33)35)28-31-22-14-18(13-21(27(30)34)19-5-6-19)15-25-26(22)32(28)9-4-10-37-25/h7-8,14-16,19,21H,4-6,9-13,17H2,1-3H3,(H2,30,34)/t21-/m0/s1. The molecule has 0 saturated heterocycles. The fraction of sp³-hybridized carbons (Fsp3) is 0.483. The number of primary amides is 1. The van der Waals surface area contributed by atoms with E-state index in [1.54, 1.807) is 4.57 Å². The number of oxazole rings is 1. The molecule has 1 saturated carbocycles. The summed E-state index contributed by atoms with van der Waals surface area (Å²) in [6.45, 7) is 9.04. The maximum atomic E-state index is 12.6. The highest BCUT2D eigenvalue weighted by atomic mass is 28.3. The lowest BCUT2D eigenvalue weighted by atomic mass is 9.94. The highest BCUT2D eigenvalue weighted by molar-refractivity contribution is 6.76. The highest BCUT2D eigenvalue weighted by Gasteiger charge is 2.35. The van der Waals surface area contributed by atoms with Crippen molar-refractivity contribution < 1.29 is 18.7 Å². The van der Waals surface area contributed by atoms with E-state index in [0.717, 1.165) is 65.6 Å². The molecule has 10 heteroatoms. The first-order valence-electron chi connectivity index (χ1n) is 13.8. The summed E-state index contributed by atoms with van der Waals surface area (Å²) in [6.07, 6.45) is 3.56. The summed E-state index contributed by atoms with van der Waals surface area (Å²) in [7, 11) is -1.23. The summed E-state index contributed by atoms with van der Waals surface area (Å²) < 4.78 is 21.3. The summed E-state index contributed by atoms with van der Waals surface area (Å²) in [5.74, 6) is 1.15. The molecule has 4 aromatic rings. The number of amides is 1. The quantitative estimate of drug-likeness (QED) is 0.226. The molecule has 1 aliphatic carbocycles. The minimum Gasteiger partial charge on any atom is -0.491 e. The largest absolute Gasteiger partial charge is 0.491 e. The minimum absolute atomic E-state index is 0.152. The second-order valence-corrected chi connectivity index (χ2v) is 17.7. The van der Waals surface area contributed by atoms with Crippen molar-refractivity contribution in [1.82, 2.24) is 14.1 Å². The summed E-state index contributed by atoms with van der Waals surface area (Å²) >= 11 is 0. The van der Waals surface area contributed by atoms with E-state index < -0.39 is 13.8 Å². The Balaban J connectivity index is 1.36. The molecule has 206 valence electrons. The summed E-state index contributed by atoms with van der Waals surface area (Å²) in [5.41, 5.74) is 10.6. The van der Waals surface area contributed by atoms with Gasteiger partial charge in [0.25, 0.3) is 0 Å². The van der Waals surface area contributed by atoms with Crippen LogP contribution in [0.3, 0.4) is 0 Å². The van der Waals surface area contributed by atoms with Crippen LogP contribution in [0.5, 0.6) is 5.75 Å². The number of ether oxygens (including phenoxy) is 2. The molecule has 0 spiro atoms. The van der Waals surface area contributed by atoms with Crippen LogP contribution < -0.4 is 16.2 Å². The number of aromatic nitrogens is 3. The number of hydrogen-bond donors (Lipinski definition) is 1. The van der Waals surface area contributed by atoms with Crippen LogP contribution in [-0.4, -0.2) is 41.3 Å². The van der Waals surface area contributed by atoms with Gasteiger partial charge in [-0.05, 0) is 73.5 Å². The van der Waals surface area contributed by atoms with Crippen molar-refractivity contribution in [3.05, 3.63) is 46.4 Å². The smallest absolute Gasteiger partial charge is 0.421 e. The van der Waals surface area contributed by atoms with Gasteiger partial charge in [-0.25, -0.2) is 14.3 Å². The second kappa shape index (κ2) is 9.98. The van der Waals surface area contributed by atoms with E-state index in [9.17, 15) is 9.59 Å². The van der Waals surface area contributed by atoms with Crippen LogP contribution in [-0.2, 0) is 29.2 Å². The first kappa shape index (κ1) is 25.9. The molecule has 0 bridgehead atoms. The second-order valence-electron chi connectivity index (χ2n) is 12.1. The number of benzene rings is 2. The van der Waals surface area contributed by atoms with Crippen LogP contribution in [0.4, 0.5) is 0 Å². The first-order chi connectivity index (χ1) is 18.7. The SMILES string of the molecule is C[Si](C)(C)CCOCn1c(=O)oc2ccc(-c3nc4cc(C[C@H](C(N)=O)C5CC5)cc5c4n3CCCO5)cc21. The van der Waals surface area contributed by atoms with Gasteiger partial charge in [0.1, 0.15) is 23.8 Å². The normalized spacial score (nSPS) is 16.4. The van der Waals surface area contributed by atoms with Gasteiger partial charge in [0, 0.05) is 32.7 Å². The van der Waals surface area contributed by atoms with E-state index >= 15 is 0 Å². The van der Waals surface area contributed by atoms with Crippen LogP contribution in [0.15, 0.2) is 39.5 Å². The molecular formula is C29H36N4O5Si. The van der Waals surface area contributed by atoms with Gasteiger partial charge in [0.05, 0.1) is 17.6 Å². The zero-order valence-electron chi connectivity index (χ0n) is 22.9. The molecule has 2 aromatic carbocycles. The van der Waals surface area contributed by atoms with E-state index in [2.05, 4.69) is 30.3 Å². The fourth-order valence-corrected chi connectivity index (χ4v) is 6.22. The van der Waals surface area contributed by atoms with Crippen LogP contribution in [0.25, 0.3) is 33.5 Å². The molecule has 0 radical (unpaired) electrons. The number of carbonyl (C=O) groups excluding carboxylic acids is 1. The fourth-order valence-electron chi connectivity index (χ4n) is 5.47. The van der Waals surface area contributed by atoms with Crippen molar-refractivity contribution >= 4 is 36.1 Å². The Labute approximate surface area is 227 Å². The molecule has 1 aliphatic heterocycles. The predicted molar refractivity (Wildman–Crippen MR) is 153 cm³/mol. The Kier molecular flexibility index (Phi) is 6.62. The zero-order valence-corrected chi connectivity index (χ0v) is 23.9. The van der Waals surface area contributed by atoms with Gasteiger partial charge >= 0.3 is 5.76 Å². The molecule has 9 nitrogen and oxygen atoms in total. The molecule has 6 rings (SSSR count). The number of nitrogens with zero attached hydrogens (tertiary/aromatic N) is 3. The number of carbonyl (C=O) groups is 1. The zero-order chi connectivity index (χ0) is 27.3. The van der Waals surface area contributed by atoms with Crippen LogP contribution in [0.1, 0.15) is 24.8 Å². The number of imidazole rings is 1. The van der Waals surface area contributed by atoms with Gasteiger partial charge in [-0.1, -0.05) is 19.6 Å². The molecular weight excluding hydrogens is 512 g/mol. The molecule has 39 heavy (non-hydrogen) atoms. The number of aryl methyl sites for hydroxylation is 1. The monoisotopic (exact) mass is 548 g/mol. The summed E-state index contributed by atoms with van der Waals surface area (Å²) in [4.78, 5) is 29.8. The summed E-state index contributed by atoms with van der Waals surface area (Å²) in [5, 5.41) is 0. The van der Waals surface area contributed by atoms with Crippen molar-refractivity contribution in [2.24, 2.45) is 17.6 Å². The molecule has 0 unspecified atom stereocenters. The van der Waals surface area contributed by atoms with Crippen molar-refractivity contribution in [2.45, 2.75) is 64.6 Å². The van der Waals surface area contributed by atoms with Crippen LogP contribution >= 0.6 is 0 Å². The third kappa shape index (κ3) is 5.27. The lowest BCUT2D eigenvalue weighted by molar-refractivity contribution is -0.122. The molecule has 3 heterocycles. The number of nitrogens with two attached hydrogens (primary N) is 1. The third-order valence-corrected chi connectivity index (χ3v) is 9.51.